The van der Waals surface area contributed by atoms with Crippen molar-refractivity contribution in [2.24, 2.45) is 11.8 Å². The van der Waals surface area contributed by atoms with Crippen LogP contribution in [0, 0.1) is 15.5 Å². The molecule has 0 aromatic carbocycles. The van der Waals surface area contributed by atoms with Gasteiger partial charge in [-0.1, -0.05) is 0 Å². The van der Waals surface area contributed by atoms with Crippen molar-refractivity contribution in [2.75, 3.05) is 13.2 Å². The highest BCUT2D eigenvalue weighted by molar-refractivity contribution is 14.1. The number of hydrogen-bond acceptors (Lipinski definition) is 2. The molecule has 0 spiro atoms. The minimum atomic E-state index is 0.460. The van der Waals surface area contributed by atoms with E-state index in [1.807, 2.05) is 0 Å². The minimum Gasteiger partial charge on any atom is -0.381 e. The number of nitrogens with zero attached hydrogens (tertiary/aromatic N) is 2. The normalized spacial score (nSPS) is 32.9. The number of fused-ring (bicyclic) bond motifs is 1. The van der Waals surface area contributed by atoms with Gasteiger partial charge in [-0.05, 0) is 60.8 Å². The summed E-state index contributed by atoms with van der Waals surface area (Å²) in [7, 11) is 0. The van der Waals surface area contributed by atoms with Crippen LogP contribution in [0.25, 0.3) is 0 Å². The third kappa shape index (κ3) is 1.70. The van der Waals surface area contributed by atoms with Crippen LogP contribution in [0.4, 0.5) is 0 Å². The lowest BCUT2D eigenvalue weighted by Crippen LogP contribution is -2.08. The summed E-state index contributed by atoms with van der Waals surface area (Å²) in [6.07, 6.45) is 1.23. The molecular weight excluding hydrogens is 315 g/mol. The fourth-order valence-electron chi connectivity index (χ4n) is 2.98. The standard InChI is InChI=1S/C12H17IN2O/c1-7(2)15-10(5-11(13)14-15)12-8-3-4-16-6-9(8)12/h5,7-9,12H,3-4,6H2,1-2H3. The molecule has 1 aromatic rings. The van der Waals surface area contributed by atoms with Crippen LogP contribution in [0.2, 0.25) is 0 Å². The minimum absolute atomic E-state index is 0.460. The lowest BCUT2D eigenvalue weighted by Gasteiger charge is -2.10. The van der Waals surface area contributed by atoms with Gasteiger partial charge >= 0.3 is 0 Å². The van der Waals surface area contributed by atoms with Gasteiger partial charge in [0.05, 0.1) is 6.61 Å². The Balaban J connectivity index is 1.89. The third-order valence-corrected chi connectivity index (χ3v) is 4.33. The van der Waals surface area contributed by atoms with Crippen molar-refractivity contribution in [3.63, 3.8) is 0 Å². The molecule has 1 aliphatic heterocycles. The van der Waals surface area contributed by atoms with E-state index >= 15 is 0 Å². The lowest BCUT2D eigenvalue weighted by molar-refractivity contribution is 0.0887. The molecule has 88 valence electrons. The fraction of sp³-hybridized carbons (Fsp3) is 0.750. The summed E-state index contributed by atoms with van der Waals surface area (Å²) in [6.45, 7) is 6.31. The molecule has 0 bridgehead atoms. The van der Waals surface area contributed by atoms with E-state index in [0.29, 0.717) is 12.0 Å². The molecule has 0 radical (unpaired) electrons. The van der Waals surface area contributed by atoms with Crippen LogP contribution in [0.1, 0.15) is 37.9 Å². The molecule has 3 nitrogen and oxygen atoms in total. The molecule has 1 aromatic heterocycles. The maximum Gasteiger partial charge on any atom is 0.123 e. The van der Waals surface area contributed by atoms with E-state index in [4.69, 9.17) is 4.74 Å². The highest BCUT2D eigenvalue weighted by Gasteiger charge is 2.53. The summed E-state index contributed by atoms with van der Waals surface area (Å²) in [4.78, 5) is 0. The van der Waals surface area contributed by atoms with Crippen molar-refractivity contribution in [3.05, 3.63) is 15.5 Å². The molecule has 1 saturated heterocycles. The first-order valence-electron chi connectivity index (χ1n) is 6.01. The summed E-state index contributed by atoms with van der Waals surface area (Å²) < 4.78 is 8.87. The molecule has 2 fully saturated rings. The first-order valence-corrected chi connectivity index (χ1v) is 7.09. The Kier molecular flexibility index (Phi) is 2.74. The summed E-state index contributed by atoms with van der Waals surface area (Å²) in [6, 6.07) is 2.71. The van der Waals surface area contributed by atoms with Crippen LogP contribution in [0.3, 0.4) is 0 Å². The van der Waals surface area contributed by atoms with Gasteiger partial charge in [0, 0.05) is 24.3 Å². The Hall–Kier alpha value is -0.100. The van der Waals surface area contributed by atoms with Gasteiger partial charge in [-0.3, -0.25) is 4.68 Å². The maximum atomic E-state index is 5.55. The topological polar surface area (TPSA) is 27.1 Å². The van der Waals surface area contributed by atoms with Crippen LogP contribution in [-0.4, -0.2) is 23.0 Å². The maximum absolute atomic E-state index is 5.55. The van der Waals surface area contributed by atoms with E-state index in [1.54, 1.807) is 0 Å². The average Bonchev–Trinajstić information content (AvgIpc) is 2.85. The van der Waals surface area contributed by atoms with Crippen LogP contribution in [0.5, 0.6) is 0 Å². The van der Waals surface area contributed by atoms with Crippen molar-refractivity contribution in [1.29, 1.82) is 0 Å². The van der Waals surface area contributed by atoms with Crippen LogP contribution in [-0.2, 0) is 4.74 Å². The smallest absolute Gasteiger partial charge is 0.123 e. The molecule has 4 heteroatoms. The molecule has 0 amide bonds. The monoisotopic (exact) mass is 332 g/mol. The quantitative estimate of drug-likeness (QED) is 0.779. The van der Waals surface area contributed by atoms with Gasteiger partial charge in [0.1, 0.15) is 3.70 Å². The highest BCUT2D eigenvalue weighted by Crippen LogP contribution is 2.57. The fourth-order valence-corrected chi connectivity index (χ4v) is 3.54. The second-order valence-electron chi connectivity index (χ2n) is 5.15. The molecule has 2 aliphatic rings. The molecule has 3 atom stereocenters. The Morgan fingerprint density at radius 1 is 1.50 bits per heavy atom. The first-order chi connectivity index (χ1) is 7.68. The van der Waals surface area contributed by atoms with Crippen LogP contribution in [0.15, 0.2) is 6.07 Å². The van der Waals surface area contributed by atoms with E-state index in [-0.39, 0.29) is 0 Å². The predicted molar refractivity (Wildman–Crippen MR) is 70.5 cm³/mol. The van der Waals surface area contributed by atoms with Crippen molar-refractivity contribution >= 4 is 22.6 Å². The molecule has 2 heterocycles. The summed E-state index contributed by atoms with van der Waals surface area (Å²) >= 11 is 2.31. The second-order valence-corrected chi connectivity index (χ2v) is 6.25. The van der Waals surface area contributed by atoms with Gasteiger partial charge in [-0.2, -0.15) is 5.10 Å². The molecule has 1 saturated carbocycles. The summed E-state index contributed by atoms with van der Waals surface area (Å²) in [5.41, 5.74) is 1.43. The van der Waals surface area contributed by atoms with Crippen LogP contribution < -0.4 is 0 Å². The number of hydrogen-bond donors (Lipinski definition) is 0. The second kappa shape index (κ2) is 3.98. The first kappa shape index (κ1) is 11.0. The van der Waals surface area contributed by atoms with Crippen molar-refractivity contribution in [3.8, 4) is 0 Å². The molecule has 0 N–H and O–H groups in total. The largest absolute Gasteiger partial charge is 0.381 e. The SMILES string of the molecule is CC(C)n1nc(I)cc1C1C2CCOCC21. The van der Waals surface area contributed by atoms with Gasteiger partial charge in [0.2, 0.25) is 0 Å². The van der Waals surface area contributed by atoms with Gasteiger partial charge in [0.15, 0.2) is 0 Å². The van der Waals surface area contributed by atoms with Crippen LogP contribution >= 0.6 is 22.6 Å². The average molecular weight is 332 g/mol. The Labute approximate surface area is 110 Å². The number of ether oxygens (including phenoxy) is 1. The molecule has 3 unspecified atom stereocenters. The van der Waals surface area contributed by atoms with Gasteiger partial charge in [0.25, 0.3) is 0 Å². The Morgan fingerprint density at radius 2 is 2.31 bits per heavy atom. The van der Waals surface area contributed by atoms with Gasteiger partial charge < -0.3 is 4.74 Å². The van der Waals surface area contributed by atoms with E-state index in [2.05, 4.69) is 52.3 Å². The zero-order valence-electron chi connectivity index (χ0n) is 9.69. The molecule has 1 aliphatic carbocycles. The van der Waals surface area contributed by atoms with Crippen molar-refractivity contribution < 1.29 is 4.74 Å². The Bertz CT molecular complexity index is 390. The van der Waals surface area contributed by atoms with Crippen molar-refractivity contribution in [2.45, 2.75) is 32.2 Å². The zero-order chi connectivity index (χ0) is 11.3. The van der Waals surface area contributed by atoms with E-state index in [1.165, 1.54) is 12.1 Å². The molecular formula is C12H17IN2O. The third-order valence-electron chi connectivity index (χ3n) is 3.80. The highest BCUT2D eigenvalue weighted by atomic mass is 127. The van der Waals surface area contributed by atoms with E-state index < -0.39 is 0 Å². The number of aromatic nitrogens is 2. The van der Waals surface area contributed by atoms with Gasteiger partial charge in [-0.25, -0.2) is 0 Å². The lowest BCUT2D eigenvalue weighted by atomic mass is 10.2. The molecule has 3 rings (SSSR count). The molecule has 16 heavy (non-hydrogen) atoms. The number of halogens is 1. The summed E-state index contributed by atoms with van der Waals surface area (Å²) in [5.74, 6) is 2.33. The Morgan fingerprint density at radius 3 is 2.94 bits per heavy atom. The zero-order valence-corrected chi connectivity index (χ0v) is 11.8. The van der Waals surface area contributed by atoms with E-state index in [0.717, 1.165) is 28.8 Å². The van der Waals surface area contributed by atoms with E-state index in [9.17, 15) is 0 Å². The van der Waals surface area contributed by atoms with Crippen molar-refractivity contribution in [1.82, 2.24) is 9.78 Å². The summed E-state index contributed by atoms with van der Waals surface area (Å²) in [5, 5.41) is 4.59. The van der Waals surface area contributed by atoms with Gasteiger partial charge in [-0.15, -0.1) is 0 Å². The number of rotatable bonds is 2. The predicted octanol–water partition coefficient (Wildman–Crippen LogP) is 2.82.